The predicted molar refractivity (Wildman–Crippen MR) is 73.6 cm³/mol. The van der Waals surface area contributed by atoms with Crippen LogP contribution in [0.2, 0.25) is 0 Å². The van der Waals surface area contributed by atoms with E-state index in [-0.39, 0.29) is 17.5 Å². The minimum atomic E-state index is -3.57. The number of anilines is 1. The number of alkyl halides is 2. The van der Waals surface area contributed by atoms with Gasteiger partial charge in [-0.2, -0.15) is 0 Å². The van der Waals surface area contributed by atoms with Crippen molar-refractivity contribution in [2.45, 2.75) is 25.7 Å². The Hall–Kier alpha value is -1.82. The van der Waals surface area contributed by atoms with Crippen LogP contribution in [0.4, 0.5) is 14.5 Å². The molecule has 0 saturated carbocycles. The summed E-state index contributed by atoms with van der Waals surface area (Å²) in [5.74, 6) is 0.116. The summed E-state index contributed by atoms with van der Waals surface area (Å²) in [4.78, 5) is 1.20. The molecule has 2 aromatic rings. The standard InChI is InChI=1S/C14H13F2NO2S/c1-2-10(13-4-3-7-20-13)17-9-5-6-11-12(8-9)19-14(15,16)18-11/h3-8,10,17H,2H2,1H3. The smallest absolute Gasteiger partial charge is 0.395 e. The molecule has 0 aliphatic carbocycles. The van der Waals surface area contributed by atoms with E-state index in [1.807, 2.05) is 17.5 Å². The lowest BCUT2D eigenvalue weighted by Gasteiger charge is -2.17. The van der Waals surface area contributed by atoms with Crippen molar-refractivity contribution in [3.63, 3.8) is 0 Å². The van der Waals surface area contributed by atoms with Gasteiger partial charge in [0.2, 0.25) is 0 Å². The van der Waals surface area contributed by atoms with E-state index in [0.717, 1.165) is 12.1 Å². The Morgan fingerprint density at radius 3 is 2.75 bits per heavy atom. The molecule has 1 aliphatic rings. The molecule has 0 fully saturated rings. The summed E-state index contributed by atoms with van der Waals surface area (Å²) in [6.07, 6.45) is -2.68. The molecular formula is C14H13F2NO2S. The molecule has 1 unspecified atom stereocenters. The van der Waals surface area contributed by atoms with Crippen molar-refractivity contribution in [2.75, 3.05) is 5.32 Å². The quantitative estimate of drug-likeness (QED) is 0.892. The van der Waals surface area contributed by atoms with Crippen LogP contribution >= 0.6 is 11.3 Å². The van der Waals surface area contributed by atoms with Gasteiger partial charge in [-0.05, 0) is 30.0 Å². The van der Waals surface area contributed by atoms with Crippen molar-refractivity contribution in [1.29, 1.82) is 0 Å². The zero-order valence-electron chi connectivity index (χ0n) is 10.7. The van der Waals surface area contributed by atoms with Gasteiger partial charge in [0.1, 0.15) is 0 Å². The van der Waals surface area contributed by atoms with Gasteiger partial charge >= 0.3 is 6.29 Å². The Morgan fingerprint density at radius 1 is 1.25 bits per heavy atom. The summed E-state index contributed by atoms with van der Waals surface area (Å²) >= 11 is 1.66. The first-order valence-electron chi connectivity index (χ1n) is 6.27. The second kappa shape index (κ2) is 4.94. The second-order valence-electron chi connectivity index (χ2n) is 4.45. The van der Waals surface area contributed by atoms with Gasteiger partial charge in [0, 0.05) is 16.6 Å². The van der Waals surface area contributed by atoms with Crippen molar-refractivity contribution in [1.82, 2.24) is 0 Å². The summed E-state index contributed by atoms with van der Waals surface area (Å²) in [6, 6.07) is 8.92. The molecule has 0 amide bonds. The van der Waals surface area contributed by atoms with Gasteiger partial charge in [-0.15, -0.1) is 20.1 Å². The van der Waals surface area contributed by atoms with E-state index in [1.54, 1.807) is 17.4 Å². The third-order valence-electron chi connectivity index (χ3n) is 3.04. The first-order valence-corrected chi connectivity index (χ1v) is 7.15. The van der Waals surface area contributed by atoms with Crippen LogP contribution in [0, 0.1) is 0 Å². The van der Waals surface area contributed by atoms with Crippen molar-refractivity contribution in [2.24, 2.45) is 0 Å². The molecule has 2 heterocycles. The van der Waals surface area contributed by atoms with Crippen LogP contribution < -0.4 is 14.8 Å². The molecule has 1 aromatic carbocycles. The number of hydrogen-bond donors (Lipinski definition) is 1. The average molecular weight is 297 g/mol. The molecule has 20 heavy (non-hydrogen) atoms. The number of ether oxygens (including phenoxy) is 2. The molecule has 0 bridgehead atoms. The lowest BCUT2D eigenvalue weighted by atomic mass is 10.1. The fourth-order valence-electron chi connectivity index (χ4n) is 2.10. The molecule has 106 valence electrons. The molecule has 1 atom stereocenters. The SMILES string of the molecule is CCC(Nc1ccc2c(c1)OC(F)(F)O2)c1cccs1. The van der Waals surface area contributed by atoms with E-state index in [0.29, 0.717) is 0 Å². The zero-order valence-corrected chi connectivity index (χ0v) is 11.5. The van der Waals surface area contributed by atoms with Gasteiger partial charge in [0.15, 0.2) is 11.5 Å². The number of halogens is 2. The second-order valence-corrected chi connectivity index (χ2v) is 5.43. The van der Waals surface area contributed by atoms with E-state index in [9.17, 15) is 8.78 Å². The number of fused-ring (bicyclic) bond motifs is 1. The number of hydrogen-bond acceptors (Lipinski definition) is 4. The summed E-state index contributed by atoms with van der Waals surface area (Å²) in [5, 5.41) is 5.33. The summed E-state index contributed by atoms with van der Waals surface area (Å²) in [6.45, 7) is 2.07. The summed E-state index contributed by atoms with van der Waals surface area (Å²) < 4.78 is 34.7. The predicted octanol–water partition coefficient (Wildman–Crippen LogP) is 4.63. The lowest BCUT2D eigenvalue weighted by molar-refractivity contribution is -0.286. The molecule has 6 heteroatoms. The first kappa shape index (κ1) is 13.2. The van der Waals surface area contributed by atoms with Crippen LogP contribution in [-0.2, 0) is 0 Å². The minimum absolute atomic E-state index is 0.0565. The van der Waals surface area contributed by atoms with Gasteiger partial charge in [-0.25, -0.2) is 0 Å². The maximum absolute atomic E-state index is 13.0. The van der Waals surface area contributed by atoms with Crippen LogP contribution in [-0.4, -0.2) is 6.29 Å². The Bertz CT molecular complexity index is 601. The molecule has 0 spiro atoms. The van der Waals surface area contributed by atoms with Gasteiger partial charge in [0.25, 0.3) is 0 Å². The number of nitrogens with one attached hydrogen (secondary N) is 1. The van der Waals surface area contributed by atoms with Gasteiger partial charge in [-0.1, -0.05) is 13.0 Å². The topological polar surface area (TPSA) is 30.5 Å². The Morgan fingerprint density at radius 2 is 2.05 bits per heavy atom. The molecule has 1 N–H and O–H groups in total. The van der Waals surface area contributed by atoms with E-state index in [1.165, 1.54) is 17.0 Å². The van der Waals surface area contributed by atoms with Gasteiger partial charge < -0.3 is 14.8 Å². The number of rotatable bonds is 4. The van der Waals surface area contributed by atoms with Crippen molar-refractivity contribution >= 4 is 17.0 Å². The number of thiophene rings is 1. The van der Waals surface area contributed by atoms with Crippen molar-refractivity contribution in [3.05, 3.63) is 40.6 Å². The largest absolute Gasteiger partial charge is 0.586 e. The van der Waals surface area contributed by atoms with Gasteiger partial charge in [0.05, 0.1) is 6.04 Å². The highest BCUT2D eigenvalue weighted by Gasteiger charge is 2.43. The molecule has 1 aliphatic heterocycles. The maximum Gasteiger partial charge on any atom is 0.586 e. The van der Waals surface area contributed by atoms with E-state index in [2.05, 4.69) is 21.7 Å². The highest BCUT2D eigenvalue weighted by molar-refractivity contribution is 7.10. The molecule has 0 radical (unpaired) electrons. The Balaban J connectivity index is 1.79. The van der Waals surface area contributed by atoms with Crippen LogP contribution in [0.25, 0.3) is 0 Å². The minimum Gasteiger partial charge on any atom is -0.395 e. The molecule has 3 nitrogen and oxygen atoms in total. The Kier molecular flexibility index (Phi) is 3.25. The van der Waals surface area contributed by atoms with E-state index < -0.39 is 6.29 Å². The first-order chi connectivity index (χ1) is 9.57. The zero-order chi connectivity index (χ0) is 14.2. The maximum atomic E-state index is 13.0. The van der Waals surface area contributed by atoms with Crippen LogP contribution in [0.3, 0.4) is 0 Å². The Labute approximate surface area is 119 Å². The fourth-order valence-corrected chi connectivity index (χ4v) is 2.97. The van der Waals surface area contributed by atoms with E-state index in [4.69, 9.17) is 0 Å². The third-order valence-corrected chi connectivity index (χ3v) is 4.02. The van der Waals surface area contributed by atoms with Crippen LogP contribution in [0.15, 0.2) is 35.7 Å². The van der Waals surface area contributed by atoms with Crippen LogP contribution in [0.1, 0.15) is 24.3 Å². The van der Waals surface area contributed by atoms with Crippen molar-refractivity contribution < 1.29 is 18.3 Å². The van der Waals surface area contributed by atoms with Crippen molar-refractivity contribution in [3.8, 4) is 11.5 Å². The summed E-state index contributed by atoms with van der Waals surface area (Å²) in [7, 11) is 0. The summed E-state index contributed by atoms with van der Waals surface area (Å²) in [5.41, 5.74) is 0.727. The molecule has 0 saturated heterocycles. The molecule has 1 aromatic heterocycles. The fraction of sp³-hybridized carbons (Fsp3) is 0.286. The number of benzene rings is 1. The highest BCUT2D eigenvalue weighted by atomic mass is 32.1. The highest BCUT2D eigenvalue weighted by Crippen LogP contribution is 2.42. The average Bonchev–Trinajstić information content (AvgIpc) is 3.00. The van der Waals surface area contributed by atoms with Gasteiger partial charge in [-0.3, -0.25) is 0 Å². The molecular weight excluding hydrogens is 284 g/mol. The van der Waals surface area contributed by atoms with E-state index >= 15 is 0 Å². The normalized spacial score (nSPS) is 16.9. The molecule has 3 rings (SSSR count). The van der Waals surface area contributed by atoms with Crippen LogP contribution in [0.5, 0.6) is 11.5 Å². The monoisotopic (exact) mass is 297 g/mol. The third kappa shape index (κ3) is 2.56. The lowest BCUT2D eigenvalue weighted by Crippen LogP contribution is -2.25.